The van der Waals surface area contributed by atoms with E-state index in [2.05, 4.69) is 0 Å². The van der Waals surface area contributed by atoms with Crippen molar-refractivity contribution in [1.29, 1.82) is 0 Å². The summed E-state index contributed by atoms with van der Waals surface area (Å²) in [5.41, 5.74) is -1.04. The number of ketones is 2. The summed E-state index contributed by atoms with van der Waals surface area (Å²) in [5.74, 6) is -0.535. The Hall–Kier alpha value is -1.19. The van der Waals surface area contributed by atoms with Gasteiger partial charge in [-0.3, -0.25) is 9.59 Å². The third kappa shape index (κ3) is 2.49. The minimum atomic E-state index is -1.04. The summed E-state index contributed by atoms with van der Waals surface area (Å²) in [7, 11) is 1.29. The van der Waals surface area contributed by atoms with E-state index >= 15 is 0 Å². The Labute approximate surface area is 95.3 Å². The van der Waals surface area contributed by atoms with Crippen LogP contribution in [0.4, 0.5) is 0 Å². The van der Waals surface area contributed by atoms with E-state index in [0.29, 0.717) is 19.3 Å². The normalized spacial score (nSPS) is 25.2. The molecule has 0 saturated heterocycles. The van der Waals surface area contributed by atoms with Crippen molar-refractivity contribution >= 4 is 17.5 Å². The summed E-state index contributed by atoms with van der Waals surface area (Å²) in [5, 5.41) is 0. The van der Waals surface area contributed by atoms with Gasteiger partial charge in [-0.15, -0.1) is 0 Å². The van der Waals surface area contributed by atoms with Crippen molar-refractivity contribution in [3.8, 4) is 0 Å². The van der Waals surface area contributed by atoms with E-state index in [4.69, 9.17) is 4.74 Å². The second-order valence-corrected chi connectivity index (χ2v) is 4.41. The molecule has 0 amide bonds. The van der Waals surface area contributed by atoms with Gasteiger partial charge in [0.2, 0.25) is 0 Å². The van der Waals surface area contributed by atoms with Crippen LogP contribution in [0.3, 0.4) is 0 Å². The van der Waals surface area contributed by atoms with Crippen molar-refractivity contribution < 1.29 is 19.1 Å². The Bertz CT molecular complexity index is 298. The number of carbonyl (C=O) groups excluding carboxylic acids is 3. The molecule has 0 bridgehead atoms. The second-order valence-electron chi connectivity index (χ2n) is 4.41. The Balaban J connectivity index is 2.86. The average molecular weight is 226 g/mol. The zero-order chi connectivity index (χ0) is 12.2. The minimum Gasteiger partial charge on any atom is -0.468 e. The summed E-state index contributed by atoms with van der Waals surface area (Å²) >= 11 is 0. The van der Waals surface area contributed by atoms with Crippen molar-refractivity contribution in [2.45, 2.75) is 45.4 Å². The fourth-order valence-corrected chi connectivity index (χ4v) is 2.26. The second kappa shape index (κ2) is 5.23. The highest BCUT2D eigenvalue weighted by Gasteiger charge is 2.47. The molecule has 1 aliphatic rings. The highest BCUT2D eigenvalue weighted by molar-refractivity contribution is 6.04. The van der Waals surface area contributed by atoms with Crippen molar-refractivity contribution in [3.05, 3.63) is 0 Å². The van der Waals surface area contributed by atoms with Gasteiger partial charge in [-0.1, -0.05) is 6.42 Å². The number of methoxy groups -OCH3 is 1. The van der Waals surface area contributed by atoms with Gasteiger partial charge in [0.1, 0.15) is 17.0 Å². The fraction of sp³-hybridized carbons (Fsp3) is 0.750. The van der Waals surface area contributed by atoms with E-state index < -0.39 is 11.4 Å². The molecular weight excluding hydrogens is 208 g/mol. The van der Waals surface area contributed by atoms with Gasteiger partial charge < -0.3 is 9.53 Å². The fourth-order valence-electron chi connectivity index (χ4n) is 2.26. The summed E-state index contributed by atoms with van der Waals surface area (Å²) in [4.78, 5) is 34.7. The van der Waals surface area contributed by atoms with Crippen LogP contribution >= 0.6 is 0 Å². The smallest absolute Gasteiger partial charge is 0.319 e. The Kier molecular flexibility index (Phi) is 4.21. The van der Waals surface area contributed by atoms with Crippen LogP contribution in [0.25, 0.3) is 0 Å². The summed E-state index contributed by atoms with van der Waals surface area (Å²) < 4.78 is 4.72. The lowest BCUT2D eigenvalue weighted by Gasteiger charge is -2.32. The quantitative estimate of drug-likeness (QED) is 0.540. The first kappa shape index (κ1) is 12.9. The van der Waals surface area contributed by atoms with Gasteiger partial charge >= 0.3 is 5.97 Å². The van der Waals surface area contributed by atoms with E-state index in [1.54, 1.807) is 0 Å². The first-order valence-electron chi connectivity index (χ1n) is 5.64. The number of esters is 1. The lowest BCUT2D eigenvalue weighted by atomic mass is 9.70. The van der Waals surface area contributed by atoms with E-state index in [-0.39, 0.29) is 18.0 Å². The molecule has 0 N–H and O–H groups in total. The van der Waals surface area contributed by atoms with Crippen LogP contribution < -0.4 is 0 Å². The number of Topliss-reactive ketones (excluding diaryl/α,β-unsaturated/α-hetero) is 2. The Morgan fingerprint density at radius 1 is 1.38 bits per heavy atom. The Morgan fingerprint density at radius 3 is 2.56 bits per heavy atom. The first-order chi connectivity index (χ1) is 7.53. The molecule has 90 valence electrons. The molecule has 0 spiro atoms. The van der Waals surface area contributed by atoms with E-state index in [9.17, 15) is 14.4 Å². The lowest BCUT2D eigenvalue weighted by Crippen LogP contribution is -2.42. The topological polar surface area (TPSA) is 60.4 Å². The van der Waals surface area contributed by atoms with Gasteiger partial charge in [0.15, 0.2) is 0 Å². The molecule has 1 saturated carbocycles. The molecule has 1 atom stereocenters. The van der Waals surface area contributed by atoms with Crippen molar-refractivity contribution in [2.24, 2.45) is 5.41 Å². The molecule has 0 heterocycles. The zero-order valence-corrected chi connectivity index (χ0v) is 9.88. The third-order valence-corrected chi connectivity index (χ3v) is 3.27. The van der Waals surface area contributed by atoms with Crippen molar-refractivity contribution in [2.75, 3.05) is 7.11 Å². The van der Waals surface area contributed by atoms with Crippen molar-refractivity contribution in [1.82, 2.24) is 0 Å². The summed E-state index contributed by atoms with van der Waals surface area (Å²) in [6.07, 6.45) is 3.18. The molecule has 0 aromatic rings. The van der Waals surface area contributed by atoms with Crippen LogP contribution in [0.15, 0.2) is 0 Å². The van der Waals surface area contributed by atoms with E-state index in [1.165, 1.54) is 14.0 Å². The summed E-state index contributed by atoms with van der Waals surface area (Å²) in [6, 6.07) is 0. The van der Waals surface area contributed by atoms with Crippen molar-refractivity contribution in [3.63, 3.8) is 0 Å². The maximum atomic E-state index is 11.9. The van der Waals surface area contributed by atoms with Crippen LogP contribution in [-0.4, -0.2) is 24.6 Å². The molecule has 1 fully saturated rings. The largest absolute Gasteiger partial charge is 0.468 e. The van der Waals surface area contributed by atoms with Gasteiger partial charge in [0.05, 0.1) is 7.11 Å². The molecule has 0 aromatic heterocycles. The maximum Gasteiger partial charge on any atom is 0.319 e. The molecule has 1 rings (SSSR count). The number of carbonyl (C=O) groups is 3. The van der Waals surface area contributed by atoms with Gasteiger partial charge in [-0.2, -0.15) is 0 Å². The number of ether oxygens (including phenoxy) is 1. The standard InChI is InChI=1S/C12H18O4/c1-9(13)6-8-12(11(15)16-2)7-4-3-5-10(12)14/h3-8H2,1-2H3. The SMILES string of the molecule is COC(=O)C1(CCC(C)=O)CCCCC1=O. The van der Waals surface area contributed by atoms with E-state index in [0.717, 1.165) is 12.8 Å². The number of rotatable bonds is 4. The van der Waals surface area contributed by atoms with Crippen LogP contribution in [0.5, 0.6) is 0 Å². The predicted molar refractivity (Wildman–Crippen MR) is 57.8 cm³/mol. The highest BCUT2D eigenvalue weighted by Crippen LogP contribution is 2.38. The monoisotopic (exact) mass is 226 g/mol. The van der Waals surface area contributed by atoms with Crippen LogP contribution in [-0.2, 0) is 19.1 Å². The lowest BCUT2D eigenvalue weighted by molar-refractivity contribution is -0.160. The third-order valence-electron chi connectivity index (χ3n) is 3.27. The van der Waals surface area contributed by atoms with Crippen LogP contribution in [0.2, 0.25) is 0 Å². The molecule has 1 aliphatic carbocycles. The molecule has 1 unspecified atom stereocenters. The molecule has 0 aromatic carbocycles. The van der Waals surface area contributed by atoms with Crippen LogP contribution in [0.1, 0.15) is 45.4 Å². The van der Waals surface area contributed by atoms with E-state index in [1.807, 2.05) is 0 Å². The van der Waals surface area contributed by atoms with Crippen LogP contribution in [0, 0.1) is 5.41 Å². The predicted octanol–water partition coefficient (Wildman–Crippen LogP) is 1.66. The minimum absolute atomic E-state index is 0.00153. The molecule has 0 aliphatic heterocycles. The molecule has 4 heteroatoms. The molecule has 4 nitrogen and oxygen atoms in total. The Morgan fingerprint density at radius 2 is 2.06 bits per heavy atom. The average Bonchev–Trinajstić information content (AvgIpc) is 2.27. The zero-order valence-electron chi connectivity index (χ0n) is 9.88. The maximum absolute atomic E-state index is 11.9. The first-order valence-corrected chi connectivity index (χ1v) is 5.64. The molecule has 16 heavy (non-hydrogen) atoms. The summed E-state index contributed by atoms with van der Waals surface area (Å²) in [6.45, 7) is 1.47. The van der Waals surface area contributed by atoms with Gasteiger partial charge in [0.25, 0.3) is 0 Å². The van der Waals surface area contributed by atoms with Gasteiger partial charge in [-0.05, 0) is 26.2 Å². The molecular formula is C12H18O4. The molecule has 0 radical (unpaired) electrons. The number of hydrogen-bond acceptors (Lipinski definition) is 4. The highest BCUT2D eigenvalue weighted by atomic mass is 16.5. The number of hydrogen-bond donors (Lipinski definition) is 0. The van der Waals surface area contributed by atoms with Gasteiger partial charge in [-0.25, -0.2) is 0 Å². The van der Waals surface area contributed by atoms with Gasteiger partial charge in [0, 0.05) is 12.8 Å².